The second-order valence-electron chi connectivity index (χ2n) is 8.78. The van der Waals surface area contributed by atoms with Gasteiger partial charge in [-0.1, -0.05) is 12.1 Å². The van der Waals surface area contributed by atoms with Gasteiger partial charge in [-0.2, -0.15) is 0 Å². The van der Waals surface area contributed by atoms with Crippen LogP contribution in [0.25, 0.3) is 0 Å². The molecule has 2 aromatic carbocycles. The zero-order chi connectivity index (χ0) is 24.9. The molecule has 0 amide bonds. The number of methoxy groups -OCH3 is 2. The minimum atomic E-state index is 0.297. The van der Waals surface area contributed by atoms with Crippen molar-refractivity contribution < 1.29 is 18.9 Å². The Labute approximate surface area is 210 Å². The van der Waals surface area contributed by atoms with E-state index in [-0.39, 0.29) is 0 Å². The molecular formula is C26H32N6O4. The van der Waals surface area contributed by atoms with Crippen LogP contribution < -0.4 is 34.9 Å². The maximum Gasteiger partial charge on any atom is 0.231 e. The predicted octanol–water partition coefficient (Wildman–Crippen LogP) is 2.78. The number of anilines is 3. The Kier molecular flexibility index (Phi) is 7.13. The lowest BCUT2D eigenvalue weighted by molar-refractivity contribution is 0.174. The van der Waals surface area contributed by atoms with Crippen molar-refractivity contribution in [3.63, 3.8) is 0 Å². The van der Waals surface area contributed by atoms with Crippen molar-refractivity contribution in [1.29, 1.82) is 0 Å². The standard InChI is InChI=1S/C26H32N6O4/c1-33-20-5-3-18(13-22(20)34-2)7-8-28-25-24(27)26(30-16-29-25)32-11-9-31(10-12-32)15-19-4-6-21-23(14-19)36-17-35-21/h3-6,13-14,16H,7-12,15,17,27H2,1-2H3,(H,28,29,30). The molecule has 5 rings (SSSR count). The van der Waals surface area contributed by atoms with Crippen LogP contribution >= 0.6 is 0 Å². The molecule has 0 unspecified atom stereocenters. The minimum absolute atomic E-state index is 0.297. The number of nitrogens with zero attached hydrogens (tertiary/aromatic N) is 4. The smallest absolute Gasteiger partial charge is 0.231 e. The van der Waals surface area contributed by atoms with Crippen molar-refractivity contribution in [3.8, 4) is 23.0 Å². The van der Waals surface area contributed by atoms with Gasteiger partial charge in [0.2, 0.25) is 6.79 Å². The molecule has 0 saturated carbocycles. The summed E-state index contributed by atoms with van der Waals surface area (Å²) in [6.45, 7) is 5.37. The summed E-state index contributed by atoms with van der Waals surface area (Å²) in [5, 5.41) is 3.36. The van der Waals surface area contributed by atoms with Crippen molar-refractivity contribution in [2.24, 2.45) is 0 Å². The highest BCUT2D eigenvalue weighted by atomic mass is 16.7. The van der Waals surface area contributed by atoms with Crippen LogP contribution in [0.2, 0.25) is 0 Å². The quantitative estimate of drug-likeness (QED) is 0.463. The molecule has 1 aromatic heterocycles. The number of benzene rings is 2. The molecule has 0 bridgehead atoms. The van der Waals surface area contributed by atoms with Gasteiger partial charge >= 0.3 is 0 Å². The van der Waals surface area contributed by atoms with Gasteiger partial charge < -0.3 is 34.9 Å². The van der Waals surface area contributed by atoms with E-state index in [1.807, 2.05) is 24.3 Å². The number of rotatable bonds is 9. The van der Waals surface area contributed by atoms with Crippen LogP contribution in [-0.4, -0.2) is 68.6 Å². The number of nitrogens with two attached hydrogens (primary N) is 1. The molecule has 1 fully saturated rings. The number of hydrogen-bond acceptors (Lipinski definition) is 10. The second kappa shape index (κ2) is 10.8. The minimum Gasteiger partial charge on any atom is -0.493 e. The zero-order valence-electron chi connectivity index (χ0n) is 20.7. The Morgan fingerprint density at radius 1 is 0.917 bits per heavy atom. The monoisotopic (exact) mass is 492 g/mol. The summed E-state index contributed by atoms with van der Waals surface area (Å²) in [5.74, 6) is 4.51. The van der Waals surface area contributed by atoms with E-state index in [2.05, 4.69) is 37.2 Å². The highest BCUT2D eigenvalue weighted by Crippen LogP contribution is 2.33. The first-order valence-electron chi connectivity index (χ1n) is 12.1. The number of aromatic nitrogens is 2. The number of nitrogens with one attached hydrogen (secondary N) is 1. The molecule has 36 heavy (non-hydrogen) atoms. The third-order valence-corrected chi connectivity index (χ3v) is 6.53. The number of fused-ring (bicyclic) bond motifs is 1. The molecule has 10 nitrogen and oxygen atoms in total. The molecule has 2 aliphatic heterocycles. The molecule has 0 spiro atoms. The number of ether oxygens (including phenoxy) is 4. The third-order valence-electron chi connectivity index (χ3n) is 6.53. The summed E-state index contributed by atoms with van der Waals surface area (Å²) < 4.78 is 21.6. The van der Waals surface area contributed by atoms with Gasteiger partial charge in [-0.15, -0.1) is 0 Å². The maximum absolute atomic E-state index is 6.48. The zero-order valence-corrected chi connectivity index (χ0v) is 20.7. The van der Waals surface area contributed by atoms with Crippen LogP contribution in [0.15, 0.2) is 42.7 Å². The van der Waals surface area contributed by atoms with Crippen LogP contribution in [0.4, 0.5) is 17.3 Å². The molecule has 3 N–H and O–H groups in total. The van der Waals surface area contributed by atoms with Crippen LogP contribution in [0, 0.1) is 0 Å². The fourth-order valence-electron chi connectivity index (χ4n) is 4.56. The summed E-state index contributed by atoms with van der Waals surface area (Å²) in [6.07, 6.45) is 2.36. The lowest BCUT2D eigenvalue weighted by Gasteiger charge is -2.36. The predicted molar refractivity (Wildman–Crippen MR) is 138 cm³/mol. The van der Waals surface area contributed by atoms with Gasteiger partial charge in [0.15, 0.2) is 34.6 Å². The Balaban J connectivity index is 1.15. The Hall–Kier alpha value is -3.92. The van der Waals surface area contributed by atoms with E-state index >= 15 is 0 Å². The van der Waals surface area contributed by atoms with E-state index in [9.17, 15) is 0 Å². The molecule has 190 valence electrons. The fraction of sp³-hybridized carbons (Fsp3) is 0.385. The normalized spacial score (nSPS) is 15.1. The number of hydrogen-bond donors (Lipinski definition) is 2. The molecule has 2 aliphatic rings. The van der Waals surface area contributed by atoms with Crippen LogP contribution in [-0.2, 0) is 13.0 Å². The van der Waals surface area contributed by atoms with Crippen molar-refractivity contribution in [1.82, 2.24) is 14.9 Å². The molecule has 1 saturated heterocycles. The van der Waals surface area contributed by atoms with Gasteiger partial charge in [0.1, 0.15) is 12.0 Å². The average Bonchev–Trinajstić information content (AvgIpc) is 3.38. The summed E-state index contributed by atoms with van der Waals surface area (Å²) >= 11 is 0. The topological polar surface area (TPSA) is 107 Å². The molecule has 0 atom stereocenters. The molecule has 0 aliphatic carbocycles. The molecule has 3 aromatic rings. The average molecular weight is 493 g/mol. The Bertz CT molecular complexity index is 1200. The van der Waals surface area contributed by atoms with Gasteiger partial charge in [0.05, 0.1) is 14.2 Å². The molecule has 3 heterocycles. The van der Waals surface area contributed by atoms with Crippen LogP contribution in [0.3, 0.4) is 0 Å². The highest BCUT2D eigenvalue weighted by Gasteiger charge is 2.22. The van der Waals surface area contributed by atoms with E-state index in [1.54, 1.807) is 20.5 Å². The van der Waals surface area contributed by atoms with E-state index in [0.29, 0.717) is 24.8 Å². The summed E-state index contributed by atoms with van der Waals surface area (Å²) in [5.41, 5.74) is 9.41. The van der Waals surface area contributed by atoms with Crippen molar-refractivity contribution >= 4 is 17.3 Å². The fourth-order valence-corrected chi connectivity index (χ4v) is 4.56. The Morgan fingerprint density at radius 3 is 2.50 bits per heavy atom. The van der Waals surface area contributed by atoms with Crippen molar-refractivity contribution in [3.05, 3.63) is 53.9 Å². The largest absolute Gasteiger partial charge is 0.493 e. The van der Waals surface area contributed by atoms with E-state index in [4.69, 9.17) is 24.7 Å². The first-order chi connectivity index (χ1) is 17.6. The van der Waals surface area contributed by atoms with Crippen LogP contribution in [0.5, 0.6) is 23.0 Å². The summed E-state index contributed by atoms with van der Waals surface area (Å²) in [7, 11) is 3.27. The molecule has 0 radical (unpaired) electrons. The third kappa shape index (κ3) is 5.18. The second-order valence-corrected chi connectivity index (χ2v) is 8.78. The van der Waals surface area contributed by atoms with Crippen molar-refractivity contribution in [2.45, 2.75) is 13.0 Å². The van der Waals surface area contributed by atoms with Gasteiger partial charge in [0, 0.05) is 39.3 Å². The number of piperazine rings is 1. The van der Waals surface area contributed by atoms with Gasteiger partial charge in [0.25, 0.3) is 0 Å². The lowest BCUT2D eigenvalue weighted by atomic mass is 10.1. The first-order valence-corrected chi connectivity index (χ1v) is 12.1. The van der Waals surface area contributed by atoms with E-state index in [1.165, 1.54) is 5.56 Å². The maximum atomic E-state index is 6.48. The summed E-state index contributed by atoms with van der Waals surface area (Å²) in [6, 6.07) is 12.1. The lowest BCUT2D eigenvalue weighted by Crippen LogP contribution is -2.46. The number of nitrogen functional groups attached to an aromatic ring is 1. The molecule has 10 heteroatoms. The Morgan fingerprint density at radius 2 is 1.69 bits per heavy atom. The van der Waals surface area contributed by atoms with E-state index in [0.717, 1.165) is 73.5 Å². The van der Waals surface area contributed by atoms with E-state index < -0.39 is 0 Å². The van der Waals surface area contributed by atoms with Gasteiger partial charge in [-0.25, -0.2) is 9.97 Å². The summed E-state index contributed by atoms with van der Waals surface area (Å²) in [4.78, 5) is 13.5. The SMILES string of the molecule is COc1ccc(CCNc2ncnc(N3CCN(Cc4ccc5c(c4)OCO5)CC3)c2N)cc1OC. The first kappa shape index (κ1) is 23.8. The van der Waals surface area contributed by atoms with Gasteiger partial charge in [-0.05, 0) is 41.8 Å². The van der Waals surface area contributed by atoms with Crippen molar-refractivity contribution in [2.75, 3.05) is 69.7 Å². The highest BCUT2D eigenvalue weighted by molar-refractivity contribution is 5.75. The van der Waals surface area contributed by atoms with Crippen LogP contribution in [0.1, 0.15) is 11.1 Å². The molecular weight excluding hydrogens is 460 g/mol. The van der Waals surface area contributed by atoms with Gasteiger partial charge in [-0.3, -0.25) is 4.90 Å².